The van der Waals surface area contributed by atoms with Gasteiger partial charge in [0.15, 0.2) is 6.61 Å². The Balaban J connectivity index is 2.07. The van der Waals surface area contributed by atoms with Crippen LogP contribution in [0.25, 0.3) is 0 Å². The zero-order chi connectivity index (χ0) is 20.0. The van der Waals surface area contributed by atoms with Crippen LogP contribution in [0.4, 0.5) is 17.1 Å². The number of anilines is 2. The number of carbonyl (C=O) groups is 2. The van der Waals surface area contributed by atoms with Crippen LogP contribution in [-0.4, -0.2) is 37.6 Å². The van der Waals surface area contributed by atoms with Gasteiger partial charge in [0.25, 0.3) is 11.6 Å². The maximum Gasteiger partial charge on any atom is 0.341 e. The van der Waals surface area contributed by atoms with E-state index < -0.39 is 23.4 Å². The van der Waals surface area contributed by atoms with E-state index in [0.717, 1.165) is 6.07 Å². The van der Waals surface area contributed by atoms with Crippen LogP contribution in [0.1, 0.15) is 10.4 Å². The maximum absolute atomic E-state index is 12.2. The molecule has 1 amide bonds. The minimum Gasteiger partial charge on any atom is -0.495 e. The van der Waals surface area contributed by atoms with Gasteiger partial charge in [-0.2, -0.15) is 0 Å². The van der Waals surface area contributed by atoms with Gasteiger partial charge in [0.1, 0.15) is 5.75 Å². The molecule has 0 saturated heterocycles. The molecule has 0 unspecified atom stereocenters. The number of halogens is 1. The summed E-state index contributed by atoms with van der Waals surface area (Å²) in [5, 5.41) is 16.5. The lowest BCUT2D eigenvalue weighted by Gasteiger charge is -2.12. The van der Waals surface area contributed by atoms with Crippen molar-refractivity contribution in [1.29, 1.82) is 0 Å². The second kappa shape index (κ2) is 8.86. The van der Waals surface area contributed by atoms with E-state index in [0.29, 0.717) is 22.1 Å². The van der Waals surface area contributed by atoms with Gasteiger partial charge in [-0.05, 0) is 24.3 Å². The molecule has 0 bridgehead atoms. The van der Waals surface area contributed by atoms with Crippen LogP contribution < -0.4 is 15.4 Å². The maximum atomic E-state index is 12.2. The van der Waals surface area contributed by atoms with Crippen molar-refractivity contribution in [2.45, 2.75) is 0 Å². The lowest BCUT2D eigenvalue weighted by Crippen LogP contribution is -2.21. The predicted molar refractivity (Wildman–Crippen MR) is 99.6 cm³/mol. The highest BCUT2D eigenvalue weighted by atomic mass is 35.5. The van der Waals surface area contributed by atoms with E-state index >= 15 is 0 Å². The van der Waals surface area contributed by atoms with E-state index in [1.165, 1.54) is 25.3 Å². The molecular weight excluding hydrogens is 378 g/mol. The standard InChI is InChI=1S/C17H16ClN3O6/c1-19-13-5-4-11(21(24)25)8-12(13)17(23)27-9-16(22)20-14-7-10(18)3-6-15(14)26-2/h3-8,19H,9H2,1-2H3,(H,20,22). The van der Waals surface area contributed by atoms with Gasteiger partial charge in [0.05, 0.1) is 23.3 Å². The first-order valence-corrected chi connectivity index (χ1v) is 8.00. The molecule has 0 heterocycles. The van der Waals surface area contributed by atoms with E-state index in [-0.39, 0.29) is 11.3 Å². The van der Waals surface area contributed by atoms with Gasteiger partial charge >= 0.3 is 5.97 Å². The average molecular weight is 394 g/mol. The molecule has 2 aromatic carbocycles. The molecule has 0 aromatic heterocycles. The Labute approximate surface area is 159 Å². The van der Waals surface area contributed by atoms with Crippen molar-refractivity contribution in [2.75, 3.05) is 31.4 Å². The van der Waals surface area contributed by atoms with E-state index in [1.807, 2.05) is 0 Å². The molecule has 0 aliphatic heterocycles. The summed E-state index contributed by atoms with van der Waals surface area (Å²) in [5.74, 6) is -1.12. The first-order valence-electron chi connectivity index (χ1n) is 7.62. The number of non-ortho nitro benzene ring substituents is 1. The fourth-order valence-corrected chi connectivity index (χ4v) is 2.38. The average Bonchev–Trinajstić information content (AvgIpc) is 2.65. The van der Waals surface area contributed by atoms with Crippen molar-refractivity contribution < 1.29 is 24.0 Å². The summed E-state index contributed by atoms with van der Waals surface area (Å²) in [6, 6.07) is 8.36. The highest BCUT2D eigenvalue weighted by Crippen LogP contribution is 2.27. The van der Waals surface area contributed by atoms with Crippen LogP contribution in [0.2, 0.25) is 5.02 Å². The third kappa shape index (κ3) is 5.08. The zero-order valence-corrected chi connectivity index (χ0v) is 15.2. The third-order valence-corrected chi connectivity index (χ3v) is 3.71. The van der Waals surface area contributed by atoms with Gasteiger partial charge in [-0.3, -0.25) is 14.9 Å². The molecule has 142 valence electrons. The first-order chi connectivity index (χ1) is 12.8. The second-order valence-corrected chi connectivity index (χ2v) is 5.64. The SMILES string of the molecule is CNc1ccc([N+](=O)[O-])cc1C(=O)OCC(=O)Nc1cc(Cl)ccc1OC. The van der Waals surface area contributed by atoms with Gasteiger partial charge in [-0.15, -0.1) is 0 Å². The van der Waals surface area contributed by atoms with Crippen molar-refractivity contribution in [3.8, 4) is 5.75 Å². The van der Waals surface area contributed by atoms with E-state index in [1.54, 1.807) is 19.2 Å². The summed E-state index contributed by atoms with van der Waals surface area (Å²) < 4.78 is 10.1. The highest BCUT2D eigenvalue weighted by molar-refractivity contribution is 6.31. The summed E-state index contributed by atoms with van der Waals surface area (Å²) in [6.45, 7) is -0.597. The van der Waals surface area contributed by atoms with Gasteiger partial charge < -0.3 is 20.1 Å². The molecule has 10 heteroatoms. The second-order valence-electron chi connectivity index (χ2n) is 5.21. The predicted octanol–water partition coefficient (Wildman–Crippen LogP) is 3.09. The molecule has 2 rings (SSSR count). The zero-order valence-electron chi connectivity index (χ0n) is 14.4. The molecule has 0 aliphatic rings. The summed E-state index contributed by atoms with van der Waals surface area (Å²) >= 11 is 5.88. The number of benzene rings is 2. The molecule has 0 fully saturated rings. The van der Waals surface area contributed by atoms with Crippen molar-refractivity contribution in [2.24, 2.45) is 0 Å². The van der Waals surface area contributed by atoms with Crippen LogP contribution >= 0.6 is 11.6 Å². The van der Waals surface area contributed by atoms with E-state index in [9.17, 15) is 19.7 Å². The Bertz CT molecular complexity index is 887. The number of amides is 1. The Kier molecular flexibility index (Phi) is 6.56. The number of methoxy groups -OCH3 is 1. The molecule has 0 radical (unpaired) electrons. The van der Waals surface area contributed by atoms with Gasteiger partial charge in [0.2, 0.25) is 0 Å². The lowest BCUT2D eigenvalue weighted by atomic mass is 10.1. The van der Waals surface area contributed by atoms with Crippen LogP contribution in [0.15, 0.2) is 36.4 Å². The van der Waals surface area contributed by atoms with Gasteiger partial charge in [0, 0.05) is 29.9 Å². The Hall–Kier alpha value is -3.33. The molecule has 0 spiro atoms. The number of hydrogen-bond donors (Lipinski definition) is 2. The number of nitro benzene ring substituents is 1. The largest absolute Gasteiger partial charge is 0.495 e. The van der Waals surface area contributed by atoms with Crippen LogP contribution in [0, 0.1) is 10.1 Å². The number of rotatable bonds is 7. The Morgan fingerprint density at radius 3 is 2.56 bits per heavy atom. The highest BCUT2D eigenvalue weighted by Gasteiger charge is 2.19. The number of hydrogen-bond acceptors (Lipinski definition) is 7. The molecular formula is C17H16ClN3O6. The van der Waals surface area contributed by atoms with Crippen LogP contribution in [0.3, 0.4) is 0 Å². The van der Waals surface area contributed by atoms with E-state index in [4.69, 9.17) is 21.1 Å². The first kappa shape index (κ1) is 20.0. The smallest absolute Gasteiger partial charge is 0.341 e. The number of nitro groups is 1. The van der Waals surface area contributed by atoms with Crippen molar-refractivity contribution in [1.82, 2.24) is 0 Å². The molecule has 0 aliphatic carbocycles. The number of esters is 1. The monoisotopic (exact) mass is 393 g/mol. The van der Waals surface area contributed by atoms with Crippen molar-refractivity contribution in [3.63, 3.8) is 0 Å². The third-order valence-electron chi connectivity index (χ3n) is 3.47. The molecule has 2 aromatic rings. The minimum absolute atomic E-state index is 0.0557. The molecule has 0 saturated carbocycles. The number of nitrogens with zero attached hydrogens (tertiary/aromatic N) is 1. The summed E-state index contributed by atoms with van der Waals surface area (Å²) in [5.41, 5.74) is 0.328. The number of carbonyl (C=O) groups excluding carboxylic acids is 2. The van der Waals surface area contributed by atoms with Crippen molar-refractivity contribution in [3.05, 3.63) is 57.1 Å². The quantitative estimate of drug-likeness (QED) is 0.421. The molecule has 0 atom stereocenters. The molecule has 2 N–H and O–H groups in total. The minimum atomic E-state index is -0.878. The van der Waals surface area contributed by atoms with Crippen molar-refractivity contribution >= 4 is 40.5 Å². The van der Waals surface area contributed by atoms with Crippen LogP contribution in [0.5, 0.6) is 5.75 Å². The number of nitrogens with one attached hydrogen (secondary N) is 2. The fourth-order valence-electron chi connectivity index (χ4n) is 2.21. The van der Waals surface area contributed by atoms with E-state index in [2.05, 4.69) is 10.6 Å². The fraction of sp³-hybridized carbons (Fsp3) is 0.176. The lowest BCUT2D eigenvalue weighted by molar-refractivity contribution is -0.384. The van der Waals surface area contributed by atoms with Gasteiger partial charge in [-0.1, -0.05) is 11.6 Å². The summed E-state index contributed by atoms with van der Waals surface area (Å²) in [7, 11) is 2.98. The van der Waals surface area contributed by atoms with Crippen LogP contribution in [-0.2, 0) is 9.53 Å². The molecule has 9 nitrogen and oxygen atoms in total. The Morgan fingerprint density at radius 1 is 1.19 bits per heavy atom. The number of ether oxygens (including phenoxy) is 2. The molecule has 27 heavy (non-hydrogen) atoms. The van der Waals surface area contributed by atoms with Gasteiger partial charge in [-0.25, -0.2) is 4.79 Å². The normalized spacial score (nSPS) is 10.0. The summed E-state index contributed by atoms with van der Waals surface area (Å²) in [4.78, 5) is 34.5. The summed E-state index contributed by atoms with van der Waals surface area (Å²) in [6.07, 6.45) is 0. The topological polar surface area (TPSA) is 120 Å². The Morgan fingerprint density at radius 2 is 1.93 bits per heavy atom.